The zero-order valence-corrected chi connectivity index (χ0v) is 12.7. The number of hydrogen-bond acceptors (Lipinski definition) is 2. The number of rotatable bonds is 2. The van der Waals surface area contributed by atoms with Crippen LogP contribution in [0.3, 0.4) is 0 Å². The molecule has 0 aliphatic carbocycles. The van der Waals surface area contributed by atoms with Gasteiger partial charge in [-0.25, -0.2) is 0 Å². The van der Waals surface area contributed by atoms with E-state index in [2.05, 4.69) is 0 Å². The molecule has 1 aliphatic rings. The monoisotopic (exact) mass is 328 g/mol. The summed E-state index contributed by atoms with van der Waals surface area (Å²) in [4.78, 5) is 0. The Bertz CT molecular complexity index is 623. The highest BCUT2D eigenvalue weighted by molar-refractivity contribution is 6.38. The predicted molar refractivity (Wildman–Crippen MR) is 81.6 cm³/mol. The van der Waals surface area contributed by atoms with E-state index in [1.54, 1.807) is 18.2 Å². The summed E-state index contributed by atoms with van der Waals surface area (Å²) < 4.78 is 11.1. The van der Waals surface area contributed by atoms with Crippen molar-refractivity contribution in [2.45, 2.75) is 5.38 Å². The lowest BCUT2D eigenvalue weighted by Gasteiger charge is -2.20. The second-order valence-electron chi connectivity index (χ2n) is 4.40. The third-order valence-corrected chi connectivity index (χ3v) is 4.24. The smallest absolute Gasteiger partial charge is 0.161 e. The highest BCUT2D eigenvalue weighted by Gasteiger charge is 2.20. The van der Waals surface area contributed by atoms with Gasteiger partial charge >= 0.3 is 0 Å². The van der Waals surface area contributed by atoms with Crippen molar-refractivity contribution in [1.29, 1.82) is 0 Å². The lowest BCUT2D eigenvalue weighted by molar-refractivity contribution is 0.171. The minimum atomic E-state index is -0.438. The van der Waals surface area contributed by atoms with Crippen LogP contribution in [-0.4, -0.2) is 13.2 Å². The average Bonchev–Trinajstić information content (AvgIpc) is 2.46. The van der Waals surface area contributed by atoms with Crippen molar-refractivity contribution < 1.29 is 9.47 Å². The molecule has 0 aromatic heterocycles. The van der Waals surface area contributed by atoms with Crippen LogP contribution in [0.15, 0.2) is 36.4 Å². The van der Waals surface area contributed by atoms with Crippen LogP contribution >= 0.6 is 34.8 Å². The van der Waals surface area contributed by atoms with Crippen LogP contribution in [0.4, 0.5) is 0 Å². The van der Waals surface area contributed by atoms with Gasteiger partial charge in [0.05, 0.1) is 5.38 Å². The Morgan fingerprint density at radius 3 is 2.25 bits per heavy atom. The third-order valence-electron chi connectivity index (χ3n) is 3.11. The Hall–Kier alpha value is -1.09. The van der Waals surface area contributed by atoms with Gasteiger partial charge in [0, 0.05) is 15.6 Å². The third kappa shape index (κ3) is 2.56. The van der Waals surface area contributed by atoms with Gasteiger partial charge in [0.25, 0.3) is 0 Å². The van der Waals surface area contributed by atoms with E-state index in [4.69, 9.17) is 44.3 Å². The quantitative estimate of drug-likeness (QED) is 0.714. The zero-order valence-electron chi connectivity index (χ0n) is 10.4. The van der Waals surface area contributed by atoms with Crippen molar-refractivity contribution in [2.75, 3.05) is 13.2 Å². The SMILES string of the molecule is Clc1cccc(Cl)c1C(Cl)c1ccc2c(c1)OCCO2. The molecular formula is C15H11Cl3O2. The first-order valence-corrected chi connectivity index (χ1v) is 7.33. The van der Waals surface area contributed by atoms with E-state index in [1.807, 2.05) is 18.2 Å². The van der Waals surface area contributed by atoms with E-state index in [0.29, 0.717) is 34.6 Å². The van der Waals surface area contributed by atoms with Crippen LogP contribution in [0.2, 0.25) is 10.0 Å². The molecule has 0 amide bonds. The largest absolute Gasteiger partial charge is 0.486 e. The average molecular weight is 330 g/mol. The maximum Gasteiger partial charge on any atom is 0.161 e. The van der Waals surface area contributed by atoms with Gasteiger partial charge in [-0.05, 0) is 29.8 Å². The van der Waals surface area contributed by atoms with Crippen LogP contribution in [-0.2, 0) is 0 Å². The van der Waals surface area contributed by atoms with Gasteiger partial charge in [-0.15, -0.1) is 11.6 Å². The van der Waals surface area contributed by atoms with Crippen molar-refractivity contribution in [1.82, 2.24) is 0 Å². The Labute approximate surface area is 132 Å². The zero-order chi connectivity index (χ0) is 14.1. The van der Waals surface area contributed by atoms with E-state index in [0.717, 1.165) is 11.3 Å². The minimum Gasteiger partial charge on any atom is -0.486 e. The molecule has 1 aliphatic heterocycles. The van der Waals surface area contributed by atoms with E-state index in [1.165, 1.54) is 0 Å². The molecule has 2 aromatic carbocycles. The molecular weight excluding hydrogens is 319 g/mol. The summed E-state index contributed by atoms with van der Waals surface area (Å²) in [6.07, 6.45) is 0. The second kappa shape index (κ2) is 5.72. The first kappa shape index (κ1) is 13.9. The lowest BCUT2D eigenvalue weighted by atomic mass is 10.0. The van der Waals surface area contributed by atoms with Crippen LogP contribution in [0, 0.1) is 0 Å². The molecule has 1 heterocycles. The van der Waals surface area contributed by atoms with Crippen molar-refractivity contribution in [3.63, 3.8) is 0 Å². The van der Waals surface area contributed by atoms with E-state index < -0.39 is 5.38 Å². The fraction of sp³-hybridized carbons (Fsp3) is 0.200. The number of ether oxygens (including phenoxy) is 2. The van der Waals surface area contributed by atoms with E-state index in [-0.39, 0.29) is 0 Å². The summed E-state index contributed by atoms with van der Waals surface area (Å²) in [5.41, 5.74) is 1.57. The summed E-state index contributed by atoms with van der Waals surface area (Å²) in [5, 5.41) is 0.659. The van der Waals surface area contributed by atoms with Crippen LogP contribution < -0.4 is 9.47 Å². The molecule has 20 heavy (non-hydrogen) atoms. The number of fused-ring (bicyclic) bond motifs is 1. The van der Waals surface area contributed by atoms with Gasteiger partial charge in [-0.3, -0.25) is 0 Å². The van der Waals surface area contributed by atoms with Crippen molar-refractivity contribution in [2.24, 2.45) is 0 Å². The Kier molecular flexibility index (Phi) is 3.97. The highest BCUT2D eigenvalue weighted by Crippen LogP contribution is 2.41. The number of hydrogen-bond donors (Lipinski definition) is 0. The van der Waals surface area contributed by atoms with Gasteiger partial charge in [-0.1, -0.05) is 35.3 Å². The fourth-order valence-corrected chi connectivity index (χ4v) is 3.24. The molecule has 0 N–H and O–H groups in total. The molecule has 0 bridgehead atoms. The maximum absolute atomic E-state index is 6.52. The lowest BCUT2D eigenvalue weighted by Crippen LogP contribution is -2.15. The number of benzene rings is 2. The maximum atomic E-state index is 6.52. The first-order chi connectivity index (χ1) is 9.66. The predicted octanol–water partition coefficient (Wildman–Crippen LogP) is 5.09. The molecule has 104 valence electrons. The number of alkyl halides is 1. The van der Waals surface area contributed by atoms with Crippen LogP contribution in [0.1, 0.15) is 16.5 Å². The minimum absolute atomic E-state index is 0.438. The topological polar surface area (TPSA) is 18.5 Å². The first-order valence-electron chi connectivity index (χ1n) is 6.14. The molecule has 0 spiro atoms. The van der Waals surface area contributed by atoms with Gasteiger partial charge in [0.15, 0.2) is 11.5 Å². The number of halogens is 3. The molecule has 2 nitrogen and oxygen atoms in total. The van der Waals surface area contributed by atoms with Gasteiger partial charge in [0.1, 0.15) is 13.2 Å². The molecule has 5 heteroatoms. The summed E-state index contributed by atoms with van der Waals surface area (Å²) in [6, 6.07) is 11.0. The van der Waals surface area contributed by atoms with Gasteiger partial charge in [0.2, 0.25) is 0 Å². The summed E-state index contributed by atoms with van der Waals surface area (Å²) in [7, 11) is 0. The van der Waals surface area contributed by atoms with Crippen molar-refractivity contribution in [3.05, 3.63) is 57.6 Å². The van der Waals surface area contributed by atoms with E-state index >= 15 is 0 Å². The Morgan fingerprint density at radius 1 is 0.900 bits per heavy atom. The van der Waals surface area contributed by atoms with E-state index in [9.17, 15) is 0 Å². The molecule has 3 rings (SSSR count). The molecule has 2 aromatic rings. The normalized spacial score (nSPS) is 14.9. The molecule has 1 atom stereocenters. The van der Waals surface area contributed by atoms with Gasteiger partial charge < -0.3 is 9.47 Å². The molecule has 0 saturated carbocycles. The van der Waals surface area contributed by atoms with Crippen molar-refractivity contribution >= 4 is 34.8 Å². The highest BCUT2D eigenvalue weighted by atomic mass is 35.5. The van der Waals surface area contributed by atoms with Crippen LogP contribution in [0.5, 0.6) is 11.5 Å². The second-order valence-corrected chi connectivity index (χ2v) is 5.65. The van der Waals surface area contributed by atoms with Gasteiger partial charge in [-0.2, -0.15) is 0 Å². The molecule has 0 fully saturated rings. The van der Waals surface area contributed by atoms with Crippen LogP contribution in [0.25, 0.3) is 0 Å². The summed E-state index contributed by atoms with van der Waals surface area (Å²) >= 11 is 18.9. The Balaban J connectivity index is 2.00. The Morgan fingerprint density at radius 2 is 1.55 bits per heavy atom. The summed E-state index contributed by atoms with van der Waals surface area (Å²) in [6.45, 7) is 1.10. The molecule has 0 radical (unpaired) electrons. The molecule has 0 saturated heterocycles. The van der Waals surface area contributed by atoms with Crippen molar-refractivity contribution in [3.8, 4) is 11.5 Å². The fourth-order valence-electron chi connectivity index (χ4n) is 2.14. The summed E-state index contributed by atoms with van der Waals surface area (Å²) in [5.74, 6) is 1.43. The standard InChI is InChI=1S/C15H11Cl3O2/c16-10-2-1-3-11(17)14(10)15(18)9-4-5-12-13(8-9)20-7-6-19-12/h1-5,8,15H,6-7H2. The molecule has 1 unspecified atom stereocenters.